The van der Waals surface area contributed by atoms with E-state index in [0.29, 0.717) is 28.4 Å². The van der Waals surface area contributed by atoms with Gasteiger partial charge in [-0.2, -0.15) is 0 Å². The Hall–Kier alpha value is -5.39. The fraction of sp³-hybridized carbons (Fsp3) is 0.326. The SMILES string of the molecule is CC(C)(C)CCOc1ccc(-c2cnc(-c3ccc(CC(NC(=O)c4ccc(C(C)(C)C)s4)C(=O)NC(C(=O)O)C(O)c4ccccc4)cc3)nc2)cc1. The molecule has 11 heteroatoms. The van der Waals surface area contributed by atoms with Crippen LogP contribution in [-0.2, 0) is 21.4 Å². The highest BCUT2D eigenvalue weighted by atomic mass is 32.1. The zero-order valence-corrected chi connectivity index (χ0v) is 32.3. The number of benzene rings is 3. The van der Waals surface area contributed by atoms with Crippen molar-refractivity contribution in [3.05, 3.63) is 124 Å². The maximum atomic E-state index is 13.7. The first-order valence-corrected chi connectivity index (χ1v) is 18.7. The van der Waals surface area contributed by atoms with Crippen LogP contribution in [0.2, 0.25) is 0 Å². The minimum atomic E-state index is -1.65. The number of rotatable bonds is 14. The Morgan fingerprint density at radius 2 is 1.41 bits per heavy atom. The van der Waals surface area contributed by atoms with E-state index in [1.165, 1.54) is 11.3 Å². The van der Waals surface area contributed by atoms with Crippen molar-refractivity contribution in [2.75, 3.05) is 6.61 Å². The Balaban J connectivity index is 1.30. The van der Waals surface area contributed by atoms with Crippen LogP contribution in [0, 0.1) is 5.41 Å². The minimum absolute atomic E-state index is 0.0544. The van der Waals surface area contributed by atoms with Crippen LogP contribution >= 0.6 is 11.3 Å². The number of hydrogen-bond acceptors (Lipinski definition) is 8. The Morgan fingerprint density at radius 1 is 0.778 bits per heavy atom. The van der Waals surface area contributed by atoms with Crippen molar-refractivity contribution in [1.82, 2.24) is 20.6 Å². The average molecular weight is 749 g/mol. The molecule has 54 heavy (non-hydrogen) atoms. The van der Waals surface area contributed by atoms with Gasteiger partial charge in [-0.25, -0.2) is 14.8 Å². The molecule has 3 unspecified atom stereocenters. The second-order valence-corrected chi connectivity index (χ2v) is 16.6. The van der Waals surface area contributed by atoms with Crippen molar-refractivity contribution in [3.63, 3.8) is 0 Å². The van der Waals surface area contributed by atoms with Gasteiger partial charge in [-0.15, -0.1) is 11.3 Å². The number of hydrogen-bond donors (Lipinski definition) is 4. The van der Waals surface area contributed by atoms with Crippen molar-refractivity contribution in [2.45, 2.75) is 78.0 Å². The van der Waals surface area contributed by atoms with Crippen LogP contribution in [0.4, 0.5) is 0 Å². The first-order chi connectivity index (χ1) is 25.6. The molecule has 2 amide bonds. The number of thiophene rings is 1. The van der Waals surface area contributed by atoms with Crippen LogP contribution < -0.4 is 15.4 Å². The van der Waals surface area contributed by atoms with Gasteiger partial charge >= 0.3 is 5.97 Å². The third kappa shape index (κ3) is 10.8. The smallest absolute Gasteiger partial charge is 0.329 e. The zero-order chi connectivity index (χ0) is 39.0. The molecule has 0 aliphatic rings. The highest BCUT2D eigenvalue weighted by Crippen LogP contribution is 2.30. The highest BCUT2D eigenvalue weighted by Gasteiger charge is 2.33. The first-order valence-electron chi connectivity index (χ1n) is 17.9. The number of amides is 2. The maximum absolute atomic E-state index is 13.7. The summed E-state index contributed by atoms with van der Waals surface area (Å²) in [4.78, 5) is 50.0. The fourth-order valence-corrected chi connectivity index (χ4v) is 6.51. The monoisotopic (exact) mass is 748 g/mol. The molecule has 10 nitrogen and oxygen atoms in total. The van der Waals surface area contributed by atoms with E-state index >= 15 is 0 Å². The first kappa shape index (κ1) is 39.8. The number of carbonyl (C=O) groups excluding carboxylic acids is 2. The predicted molar refractivity (Wildman–Crippen MR) is 211 cm³/mol. The molecule has 0 bridgehead atoms. The molecule has 0 fully saturated rings. The quantitative estimate of drug-likeness (QED) is 0.0906. The summed E-state index contributed by atoms with van der Waals surface area (Å²) < 4.78 is 5.89. The topological polar surface area (TPSA) is 151 Å². The van der Waals surface area contributed by atoms with Gasteiger partial charge in [0, 0.05) is 34.8 Å². The van der Waals surface area contributed by atoms with Gasteiger partial charge in [0.15, 0.2) is 11.9 Å². The molecule has 0 saturated heterocycles. The largest absolute Gasteiger partial charge is 0.494 e. The summed E-state index contributed by atoms with van der Waals surface area (Å²) >= 11 is 1.33. The normalized spacial score (nSPS) is 13.4. The van der Waals surface area contributed by atoms with Gasteiger partial charge in [0.25, 0.3) is 5.91 Å². The zero-order valence-electron chi connectivity index (χ0n) is 31.5. The van der Waals surface area contributed by atoms with Gasteiger partial charge < -0.3 is 25.6 Å². The Labute approximate surface area is 320 Å². The van der Waals surface area contributed by atoms with Crippen molar-refractivity contribution < 1.29 is 29.3 Å². The van der Waals surface area contributed by atoms with Crippen LogP contribution in [0.25, 0.3) is 22.5 Å². The molecule has 4 N–H and O–H groups in total. The van der Waals surface area contributed by atoms with E-state index in [2.05, 4.69) is 41.4 Å². The lowest BCUT2D eigenvalue weighted by atomic mass is 9.93. The summed E-state index contributed by atoms with van der Waals surface area (Å²) in [7, 11) is 0. The van der Waals surface area contributed by atoms with Crippen molar-refractivity contribution in [3.8, 4) is 28.3 Å². The van der Waals surface area contributed by atoms with E-state index in [9.17, 15) is 24.6 Å². The molecule has 0 radical (unpaired) electrons. The Morgan fingerprint density at radius 3 is 1.98 bits per heavy atom. The highest BCUT2D eigenvalue weighted by molar-refractivity contribution is 7.14. The second-order valence-electron chi connectivity index (χ2n) is 15.5. The summed E-state index contributed by atoms with van der Waals surface area (Å²) in [6, 6.07) is 24.2. The third-order valence-electron chi connectivity index (χ3n) is 8.82. The van der Waals surface area contributed by atoms with Gasteiger partial charge in [0.05, 0.1) is 11.5 Å². The third-order valence-corrected chi connectivity index (χ3v) is 10.3. The summed E-state index contributed by atoms with van der Waals surface area (Å²) in [6.45, 7) is 13.4. The summed E-state index contributed by atoms with van der Waals surface area (Å²) in [6.07, 6.45) is 3.02. The molecule has 0 aliphatic heterocycles. The maximum Gasteiger partial charge on any atom is 0.329 e. The lowest BCUT2D eigenvalue weighted by Crippen LogP contribution is -2.54. The summed E-state index contributed by atoms with van der Waals surface area (Å²) in [5.41, 5.74) is 3.66. The van der Waals surface area contributed by atoms with Crippen LogP contribution in [-0.4, -0.2) is 56.7 Å². The average Bonchev–Trinajstić information content (AvgIpc) is 3.66. The van der Waals surface area contributed by atoms with E-state index in [0.717, 1.165) is 33.7 Å². The number of carbonyl (C=O) groups is 3. The predicted octanol–water partition coefficient (Wildman–Crippen LogP) is 7.63. The van der Waals surface area contributed by atoms with E-state index in [1.807, 2.05) is 75.4 Å². The number of aliphatic hydroxyl groups is 1. The number of aliphatic carboxylic acids is 1. The molecule has 2 aromatic heterocycles. The van der Waals surface area contributed by atoms with Crippen molar-refractivity contribution >= 4 is 29.1 Å². The number of ether oxygens (including phenoxy) is 1. The minimum Gasteiger partial charge on any atom is -0.494 e. The van der Waals surface area contributed by atoms with Gasteiger partial charge in [-0.05, 0) is 58.2 Å². The number of aromatic nitrogens is 2. The Kier molecular flexibility index (Phi) is 12.7. The molecule has 5 rings (SSSR count). The summed E-state index contributed by atoms with van der Waals surface area (Å²) in [5, 5.41) is 26.1. The lowest BCUT2D eigenvalue weighted by molar-refractivity contribution is -0.145. The van der Waals surface area contributed by atoms with Crippen LogP contribution in [0.3, 0.4) is 0 Å². The molecule has 0 aliphatic carbocycles. The molecule has 0 saturated carbocycles. The molecular formula is C43H48N4O6S. The van der Waals surface area contributed by atoms with Crippen LogP contribution in [0.5, 0.6) is 5.75 Å². The standard InChI is InChI=1S/C43H48N4O6S/c1-42(2,3)22-23-53-32-18-16-28(17-19-32)31-25-44-38(45-26-31)30-14-12-27(13-15-30)24-33(46-40(50)34-20-21-35(54-34)43(4,5)6)39(49)47-36(41(51)52)37(48)29-10-8-7-9-11-29/h7-21,25-26,33,36-37,48H,22-24H2,1-6H3,(H,46,50)(H,47,49)(H,51,52). The van der Waals surface area contributed by atoms with Crippen molar-refractivity contribution in [2.24, 2.45) is 5.41 Å². The second kappa shape index (κ2) is 17.2. The van der Waals surface area contributed by atoms with E-state index < -0.39 is 36.0 Å². The lowest BCUT2D eigenvalue weighted by Gasteiger charge is -2.24. The van der Waals surface area contributed by atoms with E-state index in [4.69, 9.17) is 4.74 Å². The van der Waals surface area contributed by atoms with Gasteiger partial charge in [0.1, 0.15) is 17.9 Å². The van der Waals surface area contributed by atoms with E-state index in [-0.39, 0.29) is 17.3 Å². The number of carboxylic acids is 1. The molecule has 5 aromatic rings. The van der Waals surface area contributed by atoms with Gasteiger partial charge in [0.2, 0.25) is 5.91 Å². The van der Waals surface area contributed by atoms with Crippen molar-refractivity contribution in [1.29, 1.82) is 0 Å². The van der Waals surface area contributed by atoms with Gasteiger partial charge in [-0.3, -0.25) is 9.59 Å². The number of carboxylic acid groups (broad SMARTS) is 1. The van der Waals surface area contributed by atoms with Crippen LogP contribution in [0.15, 0.2) is 103 Å². The summed E-state index contributed by atoms with van der Waals surface area (Å²) in [5.74, 6) is -1.29. The molecule has 0 spiro atoms. The Bertz CT molecular complexity index is 2020. The molecule has 3 aromatic carbocycles. The molecular weight excluding hydrogens is 701 g/mol. The number of nitrogens with zero attached hydrogens (tertiary/aromatic N) is 2. The molecule has 2 heterocycles. The number of nitrogens with one attached hydrogen (secondary N) is 2. The van der Waals surface area contributed by atoms with E-state index in [1.54, 1.807) is 48.8 Å². The van der Waals surface area contributed by atoms with Gasteiger partial charge in [-0.1, -0.05) is 108 Å². The molecule has 282 valence electrons. The fourth-order valence-electron chi connectivity index (χ4n) is 5.54. The number of aliphatic hydroxyl groups excluding tert-OH is 1. The van der Waals surface area contributed by atoms with Crippen LogP contribution in [0.1, 0.15) is 79.7 Å². The molecule has 3 atom stereocenters.